The Morgan fingerprint density at radius 3 is 1.88 bits per heavy atom. The summed E-state index contributed by atoms with van der Waals surface area (Å²) in [7, 11) is 0. The molecular weight excluding hydrogens is 212 g/mol. The van der Waals surface area contributed by atoms with Crippen LogP contribution in [0, 0.1) is 5.92 Å². The molecule has 17 heavy (non-hydrogen) atoms. The molecular formula is C15H30O2. The van der Waals surface area contributed by atoms with Crippen LogP contribution in [0.4, 0.5) is 0 Å². The Bertz CT molecular complexity index is 187. The van der Waals surface area contributed by atoms with E-state index < -0.39 is 6.10 Å². The Labute approximate surface area is 107 Å². The van der Waals surface area contributed by atoms with E-state index in [9.17, 15) is 9.90 Å². The lowest BCUT2D eigenvalue weighted by molar-refractivity contribution is -0.129. The Balaban J connectivity index is 3.31. The van der Waals surface area contributed by atoms with Crippen molar-refractivity contribution in [2.75, 3.05) is 0 Å². The summed E-state index contributed by atoms with van der Waals surface area (Å²) in [5, 5.41) is 9.55. The summed E-state index contributed by atoms with van der Waals surface area (Å²) in [6.07, 6.45) is 9.71. The standard InChI is InChI=1S/C15H30O2/c1-4-5-6-7-8-9-10-11-12-14(16)15(17)13(2)3/h13,15,17H,4-12H2,1-3H3. The third kappa shape index (κ3) is 9.34. The van der Waals surface area contributed by atoms with Crippen LogP contribution in [-0.2, 0) is 4.79 Å². The van der Waals surface area contributed by atoms with Gasteiger partial charge in [-0.2, -0.15) is 0 Å². The second kappa shape index (κ2) is 10.8. The molecule has 2 heteroatoms. The minimum Gasteiger partial charge on any atom is -0.385 e. The summed E-state index contributed by atoms with van der Waals surface area (Å²) < 4.78 is 0. The van der Waals surface area contributed by atoms with Gasteiger partial charge in [-0.05, 0) is 12.3 Å². The molecule has 2 nitrogen and oxygen atoms in total. The summed E-state index contributed by atoms with van der Waals surface area (Å²) >= 11 is 0. The number of aliphatic hydroxyl groups excluding tert-OH is 1. The van der Waals surface area contributed by atoms with E-state index in [-0.39, 0.29) is 11.7 Å². The number of carbonyl (C=O) groups is 1. The van der Waals surface area contributed by atoms with Gasteiger partial charge >= 0.3 is 0 Å². The maximum absolute atomic E-state index is 11.5. The van der Waals surface area contributed by atoms with E-state index in [0.29, 0.717) is 6.42 Å². The zero-order valence-corrected chi connectivity index (χ0v) is 11.9. The molecule has 0 rings (SSSR count). The molecule has 0 heterocycles. The van der Waals surface area contributed by atoms with Crippen LogP contribution in [0.15, 0.2) is 0 Å². The zero-order chi connectivity index (χ0) is 13.1. The van der Waals surface area contributed by atoms with Gasteiger partial charge < -0.3 is 5.11 Å². The first kappa shape index (κ1) is 16.6. The molecule has 0 fully saturated rings. The maximum Gasteiger partial charge on any atom is 0.161 e. The highest BCUT2D eigenvalue weighted by atomic mass is 16.3. The van der Waals surface area contributed by atoms with Crippen LogP contribution in [0.2, 0.25) is 0 Å². The fraction of sp³-hybridized carbons (Fsp3) is 0.933. The zero-order valence-electron chi connectivity index (χ0n) is 11.9. The van der Waals surface area contributed by atoms with Gasteiger partial charge in [0.1, 0.15) is 6.10 Å². The number of Topliss-reactive ketones (excluding diaryl/α,β-unsaturated/α-hetero) is 1. The Kier molecular flexibility index (Phi) is 10.5. The molecule has 0 aromatic carbocycles. The third-order valence-corrected chi connectivity index (χ3v) is 3.24. The topological polar surface area (TPSA) is 37.3 Å². The van der Waals surface area contributed by atoms with Crippen molar-refractivity contribution in [3.05, 3.63) is 0 Å². The molecule has 1 N–H and O–H groups in total. The van der Waals surface area contributed by atoms with E-state index >= 15 is 0 Å². The molecule has 1 atom stereocenters. The van der Waals surface area contributed by atoms with Crippen molar-refractivity contribution in [1.29, 1.82) is 0 Å². The molecule has 0 aromatic heterocycles. The summed E-state index contributed by atoms with van der Waals surface area (Å²) in [6.45, 7) is 6.00. The quantitative estimate of drug-likeness (QED) is 0.554. The van der Waals surface area contributed by atoms with Gasteiger partial charge in [0, 0.05) is 6.42 Å². The predicted octanol–water partition coefficient (Wildman–Crippen LogP) is 4.10. The molecule has 1 unspecified atom stereocenters. The lowest BCUT2D eigenvalue weighted by Gasteiger charge is -2.12. The van der Waals surface area contributed by atoms with Gasteiger partial charge in [-0.1, -0.05) is 65.7 Å². The molecule has 0 amide bonds. The lowest BCUT2D eigenvalue weighted by atomic mass is 9.98. The van der Waals surface area contributed by atoms with Gasteiger partial charge in [0.25, 0.3) is 0 Å². The Morgan fingerprint density at radius 1 is 0.941 bits per heavy atom. The molecule has 0 aliphatic heterocycles. The highest BCUT2D eigenvalue weighted by Crippen LogP contribution is 2.12. The fourth-order valence-corrected chi connectivity index (χ4v) is 1.95. The Hall–Kier alpha value is -0.370. The van der Waals surface area contributed by atoms with Crippen molar-refractivity contribution in [3.63, 3.8) is 0 Å². The highest BCUT2D eigenvalue weighted by Gasteiger charge is 2.17. The average molecular weight is 242 g/mol. The van der Waals surface area contributed by atoms with E-state index in [1.54, 1.807) is 0 Å². The summed E-state index contributed by atoms with van der Waals surface area (Å²) in [6, 6.07) is 0. The van der Waals surface area contributed by atoms with Crippen molar-refractivity contribution < 1.29 is 9.90 Å². The molecule has 0 saturated heterocycles. The second-order valence-electron chi connectivity index (χ2n) is 5.38. The molecule has 0 saturated carbocycles. The maximum atomic E-state index is 11.5. The van der Waals surface area contributed by atoms with Crippen molar-refractivity contribution >= 4 is 5.78 Å². The molecule has 0 aliphatic carbocycles. The number of ketones is 1. The van der Waals surface area contributed by atoms with E-state index in [4.69, 9.17) is 0 Å². The van der Waals surface area contributed by atoms with Crippen LogP contribution in [0.5, 0.6) is 0 Å². The molecule has 0 aliphatic rings. The van der Waals surface area contributed by atoms with Crippen molar-refractivity contribution in [1.82, 2.24) is 0 Å². The molecule has 102 valence electrons. The van der Waals surface area contributed by atoms with Crippen LogP contribution >= 0.6 is 0 Å². The number of aliphatic hydroxyl groups is 1. The number of hydrogen-bond donors (Lipinski definition) is 1. The monoisotopic (exact) mass is 242 g/mol. The van der Waals surface area contributed by atoms with Gasteiger partial charge in [0.05, 0.1) is 0 Å². The first-order valence-electron chi connectivity index (χ1n) is 7.30. The van der Waals surface area contributed by atoms with Gasteiger partial charge in [-0.15, -0.1) is 0 Å². The SMILES string of the molecule is CCCCCCCCCCC(=O)C(O)C(C)C. The van der Waals surface area contributed by atoms with Crippen LogP contribution in [0.3, 0.4) is 0 Å². The number of rotatable bonds is 11. The normalized spacial score (nSPS) is 13.0. The number of hydrogen-bond acceptors (Lipinski definition) is 2. The van der Waals surface area contributed by atoms with Crippen LogP contribution in [0.1, 0.15) is 78.6 Å². The molecule has 0 aromatic rings. The first-order valence-corrected chi connectivity index (χ1v) is 7.30. The van der Waals surface area contributed by atoms with Gasteiger partial charge in [0.15, 0.2) is 5.78 Å². The molecule has 0 radical (unpaired) electrons. The van der Waals surface area contributed by atoms with Crippen LogP contribution in [0.25, 0.3) is 0 Å². The van der Waals surface area contributed by atoms with Crippen molar-refractivity contribution in [2.24, 2.45) is 5.92 Å². The van der Waals surface area contributed by atoms with E-state index in [2.05, 4.69) is 6.92 Å². The van der Waals surface area contributed by atoms with E-state index in [1.807, 2.05) is 13.8 Å². The van der Waals surface area contributed by atoms with Gasteiger partial charge in [-0.25, -0.2) is 0 Å². The number of unbranched alkanes of at least 4 members (excludes halogenated alkanes) is 7. The fourth-order valence-electron chi connectivity index (χ4n) is 1.95. The predicted molar refractivity (Wildman–Crippen MR) is 73.1 cm³/mol. The van der Waals surface area contributed by atoms with E-state index in [1.165, 1.54) is 38.5 Å². The highest BCUT2D eigenvalue weighted by molar-refractivity contribution is 5.82. The second-order valence-corrected chi connectivity index (χ2v) is 5.38. The minimum absolute atomic E-state index is 0.0194. The lowest BCUT2D eigenvalue weighted by Crippen LogP contribution is -2.25. The van der Waals surface area contributed by atoms with Gasteiger partial charge in [-0.3, -0.25) is 4.79 Å². The minimum atomic E-state index is -0.750. The summed E-state index contributed by atoms with van der Waals surface area (Å²) in [4.78, 5) is 11.5. The smallest absolute Gasteiger partial charge is 0.161 e. The summed E-state index contributed by atoms with van der Waals surface area (Å²) in [5.74, 6) is 0.0718. The van der Waals surface area contributed by atoms with Crippen molar-refractivity contribution in [3.8, 4) is 0 Å². The Morgan fingerprint density at radius 2 is 1.41 bits per heavy atom. The van der Waals surface area contributed by atoms with Crippen molar-refractivity contribution in [2.45, 2.75) is 84.7 Å². The first-order chi connectivity index (χ1) is 8.09. The number of carbonyl (C=O) groups excluding carboxylic acids is 1. The van der Waals surface area contributed by atoms with Crippen LogP contribution in [-0.4, -0.2) is 17.0 Å². The third-order valence-electron chi connectivity index (χ3n) is 3.24. The van der Waals surface area contributed by atoms with Crippen LogP contribution < -0.4 is 0 Å². The largest absolute Gasteiger partial charge is 0.385 e. The average Bonchev–Trinajstić information content (AvgIpc) is 2.31. The molecule has 0 bridgehead atoms. The van der Waals surface area contributed by atoms with Gasteiger partial charge in [0.2, 0.25) is 0 Å². The summed E-state index contributed by atoms with van der Waals surface area (Å²) in [5.41, 5.74) is 0. The molecule has 0 spiro atoms. The van der Waals surface area contributed by atoms with E-state index in [0.717, 1.165) is 12.8 Å².